The van der Waals surface area contributed by atoms with Crippen molar-refractivity contribution in [3.8, 4) is 5.75 Å². The van der Waals surface area contributed by atoms with Crippen molar-refractivity contribution in [1.82, 2.24) is 5.32 Å². The highest BCUT2D eigenvalue weighted by molar-refractivity contribution is 7.80. The number of hydrogen-bond donors (Lipinski definition) is 2. The summed E-state index contributed by atoms with van der Waals surface area (Å²) in [7, 11) is 1.65. The molecular formula is C18H22N2O2S. The van der Waals surface area contributed by atoms with Gasteiger partial charge in [0.05, 0.1) is 13.7 Å². The van der Waals surface area contributed by atoms with Crippen LogP contribution in [0, 0.1) is 0 Å². The topological polar surface area (TPSA) is 42.5 Å². The van der Waals surface area contributed by atoms with Gasteiger partial charge in [-0.3, -0.25) is 0 Å². The summed E-state index contributed by atoms with van der Waals surface area (Å²) in [5.41, 5.74) is 2.13. The molecule has 4 nitrogen and oxygen atoms in total. The molecule has 2 rings (SSSR count). The van der Waals surface area contributed by atoms with Crippen LogP contribution in [0.2, 0.25) is 0 Å². The maximum Gasteiger partial charge on any atom is 0.170 e. The van der Waals surface area contributed by atoms with E-state index in [0.29, 0.717) is 18.3 Å². The minimum absolute atomic E-state index is 0.609. The average molecular weight is 330 g/mol. The van der Waals surface area contributed by atoms with Crippen LogP contribution in [0.25, 0.3) is 0 Å². The monoisotopic (exact) mass is 330 g/mol. The first-order valence-corrected chi connectivity index (χ1v) is 7.99. The number of methoxy groups -OCH3 is 1. The van der Waals surface area contributed by atoms with Crippen LogP contribution in [0.1, 0.15) is 12.0 Å². The van der Waals surface area contributed by atoms with E-state index < -0.39 is 0 Å². The summed E-state index contributed by atoms with van der Waals surface area (Å²) in [5, 5.41) is 6.91. The SMILES string of the molecule is COc1ccc(NC(=S)NCCCOCc2ccccc2)cc1. The third-order valence-electron chi connectivity index (χ3n) is 3.21. The van der Waals surface area contributed by atoms with Gasteiger partial charge in [-0.2, -0.15) is 0 Å². The van der Waals surface area contributed by atoms with E-state index in [0.717, 1.165) is 24.4 Å². The van der Waals surface area contributed by atoms with Crippen molar-refractivity contribution in [3.05, 3.63) is 60.2 Å². The molecule has 0 aliphatic carbocycles. The Morgan fingerprint density at radius 1 is 1.04 bits per heavy atom. The van der Waals surface area contributed by atoms with Gasteiger partial charge in [-0.25, -0.2) is 0 Å². The Morgan fingerprint density at radius 3 is 2.48 bits per heavy atom. The van der Waals surface area contributed by atoms with Crippen LogP contribution in [0.4, 0.5) is 5.69 Å². The minimum Gasteiger partial charge on any atom is -0.497 e. The number of nitrogens with one attached hydrogen (secondary N) is 2. The summed E-state index contributed by atoms with van der Waals surface area (Å²) in [4.78, 5) is 0. The third-order valence-corrected chi connectivity index (χ3v) is 3.46. The smallest absolute Gasteiger partial charge is 0.170 e. The van der Waals surface area contributed by atoms with E-state index in [2.05, 4.69) is 22.8 Å². The lowest BCUT2D eigenvalue weighted by molar-refractivity contribution is 0.119. The number of hydrogen-bond acceptors (Lipinski definition) is 3. The van der Waals surface area contributed by atoms with Gasteiger partial charge in [-0.05, 0) is 48.5 Å². The van der Waals surface area contributed by atoms with Crippen molar-refractivity contribution >= 4 is 23.0 Å². The summed E-state index contributed by atoms with van der Waals surface area (Å²) >= 11 is 5.26. The zero-order valence-corrected chi connectivity index (χ0v) is 14.1. The molecule has 2 N–H and O–H groups in total. The Labute approximate surface area is 142 Å². The maximum absolute atomic E-state index is 5.63. The van der Waals surface area contributed by atoms with Gasteiger partial charge in [0.2, 0.25) is 0 Å². The molecule has 0 aliphatic rings. The fraction of sp³-hybridized carbons (Fsp3) is 0.278. The molecule has 0 fully saturated rings. The molecule has 0 amide bonds. The van der Waals surface area contributed by atoms with Crippen LogP contribution in [0.5, 0.6) is 5.75 Å². The lowest BCUT2D eigenvalue weighted by Gasteiger charge is -2.11. The second-order valence-corrected chi connectivity index (χ2v) is 5.41. The molecule has 5 heteroatoms. The summed E-state index contributed by atoms with van der Waals surface area (Å²) < 4.78 is 10.7. The van der Waals surface area contributed by atoms with E-state index >= 15 is 0 Å². The van der Waals surface area contributed by atoms with Crippen molar-refractivity contribution in [3.63, 3.8) is 0 Å². The number of ether oxygens (including phenoxy) is 2. The molecule has 0 radical (unpaired) electrons. The van der Waals surface area contributed by atoms with Gasteiger partial charge in [0, 0.05) is 18.8 Å². The van der Waals surface area contributed by atoms with Crippen molar-refractivity contribution in [1.29, 1.82) is 0 Å². The molecule has 0 aliphatic heterocycles. The zero-order chi connectivity index (χ0) is 16.3. The molecule has 0 aromatic heterocycles. The number of thiocarbonyl (C=S) groups is 1. The highest BCUT2D eigenvalue weighted by Gasteiger charge is 1.98. The first kappa shape index (κ1) is 17.2. The number of anilines is 1. The van der Waals surface area contributed by atoms with Crippen molar-refractivity contribution < 1.29 is 9.47 Å². The van der Waals surface area contributed by atoms with Crippen LogP contribution in [-0.4, -0.2) is 25.4 Å². The second kappa shape index (κ2) is 9.82. The second-order valence-electron chi connectivity index (χ2n) is 5.00. The molecule has 0 unspecified atom stereocenters. The third kappa shape index (κ3) is 6.67. The molecule has 0 saturated heterocycles. The average Bonchev–Trinajstić information content (AvgIpc) is 2.59. The molecule has 2 aromatic carbocycles. The van der Waals surface area contributed by atoms with E-state index in [1.54, 1.807) is 7.11 Å². The Morgan fingerprint density at radius 2 is 1.78 bits per heavy atom. The van der Waals surface area contributed by atoms with Crippen LogP contribution in [0.15, 0.2) is 54.6 Å². The molecule has 0 bridgehead atoms. The summed E-state index contributed by atoms with van der Waals surface area (Å²) in [6.45, 7) is 2.12. The van der Waals surface area contributed by atoms with E-state index in [4.69, 9.17) is 21.7 Å². The molecule has 23 heavy (non-hydrogen) atoms. The normalized spacial score (nSPS) is 10.1. The van der Waals surface area contributed by atoms with E-state index in [-0.39, 0.29) is 0 Å². The van der Waals surface area contributed by atoms with Crippen molar-refractivity contribution in [2.75, 3.05) is 25.6 Å². The molecule has 0 atom stereocenters. The molecule has 122 valence electrons. The Hall–Kier alpha value is -2.11. The van der Waals surface area contributed by atoms with Gasteiger partial charge in [-0.1, -0.05) is 30.3 Å². The van der Waals surface area contributed by atoms with Crippen LogP contribution >= 0.6 is 12.2 Å². The summed E-state index contributed by atoms with van der Waals surface area (Å²) in [5.74, 6) is 0.824. The highest BCUT2D eigenvalue weighted by Crippen LogP contribution is 2.14. The fourth-order valence-electron chi connectivity index (χ4n) is 1.99. The molecule has 2 aromatic rings. The van der Waals surface area contributed by atoms with Gasteiger partial charge >= 0.3 is 0 Å². The van der Waals surface area contributed by atoms with Crippen LogP contribution in [-0.2, 0) is 11.3 Å². The molecule has 0 spiro atoms. The minimum atomic E-state index is 0.609. The quantitative estimate of drug-likeness (QED) is 0.572. The van der Waals surface area contributed by atoms with Crippen LogP contribution in [0.3, 0.4) is 0 Å². The van der Waals surface area contributed by atoms with E-state index in [9.17, 15) is 0 Å². The Bertz CT molecular complexity index is 588. The van der Waals surface area contributed by atoms with Crippen molar-refractivity contribution in [2.45, 2.75) is 13.0 Å². The largest absolute Gasteiger partial charge is 0.497 e. The van der Waals surface area contributed by atoms with Gasteiger partial charge in [0.15, 0.2) is 5.11 Å². The summed E-state index contributed by atoms with van der Waals surface area (Å²) in [6, 6.07) is 17.8. The zero-order valence-electron chi connectivity index (χ0n) is 13.2. The highest BCUT2D eigenvalue weighted by atomic mass is 32.1. The van der Waals surface area contributed by atoms with Gasteiger partial charge in [0.1, 0.15) is 5.75 Å². The lowest BCUT2D eigenvalue weighted by atomic mass is 10.2. The fourth-order valence-corrected chi connectivity index (χ4v) is 2.21. The van der Waals surface area contributed by atoms with E-state index in [1.165, 1.54) is 5.56 Å². The van der Waals surface area contributed by atoms with Gasteiger partial charge < -0.3 is 20.1 Å². The Kier molecular flexibility index (Phi) is 7.36. The first-order valence-electron chi connectivity index (χ1n) is 7.58. The standard InChI is InChI=1S/C18H22N2O2S/c1-21-17-10-8-16(9-11-17)20-18(23)19-12-5-13-22-14-15-6-3-2-4-7-15/h2-4,6-11H,5,12-14H2,1H3,(H2,19,20,23). The Balaban J connectivity index is 1.56. The van der Waals surface area contributed by atoms with Crippen molar-refractivity contribution in [2.24, 2.45) is 0 Å². The van der Waals surface area contributed by atoms with Gasteiger partial charge in [0.25, 0.3) is 0 Å². The number of benzene rings is 2. The summed E-state index contributed by atoms with van der Waals surface area (Å²) in [6.07, 6.45) is 0.900. The van der Waals surface area contributed by atoms with Gasteiger partial charge in [-0.15, -0.1) is 0 Å². The van der Waals surface area contributed by atoms with E-state index in [1.807, 2.05) is 42.5 Å². The maximum atomic E-state index is 5.63. The first-order chi connectivity index (χ1) is 11.3. The predicted molar refractivity (Wildman–Crippen MR) is 97.9 cm³/mol. The lowest BCUT2D eigenvalue weighted by Crippen LogP contribution is -2.29. The van der Waals surface area contributed by atoms with Crippen LogP contribution < -0.4 is 15.4 Å². The molecular weight excluding hydrogens is 308 g/mol. The molecule has 0 heterocycles. The molecule has 0 saturated carbocycles. The predicted octanol–water partition coefficient (Wildman–Crippen LogP) is 3.59. The number of rotatable bonds is 8.